The fourth-order valence-corrected chi connectivity index (χ4v) is 3.74. The fourth-order valence-electron chi connectivity index (χ4n) is 3.74. The Labute approximate surface area is 128 Å². The average molecular weight is 282 g/mol. The molecule has 0 radical (unpaired) electrons. The summed E-state index contributed by atoms with van der Waals surface area (Å²) in [7, 11) is 0. The highest BCUT2D eigenvalue weighted by Crippen LogP contribution is 2.29. The maximum atomic E-state index is 3.86. The van der Waals surface area contributed by atoms with Crippen LogP contribution in [0.25, 0.3) is 0 Å². The molecule has 1 nitrogen and oxygen atoms in total. The zero-order chi connectivity index (χ0) is 14.6. The van der Waals surface area contributed by atoms with Crippen molar-refractivity contribution in [3.63, 3.8) is 0 Å². The van der Waals surface area contributed by atoms with Crippen LogP contribution in [0.5, 0.6) is 0 Å². The molecule has 1 saturated carbocycles. The van der Waals surface area contributed by atoms with Crippen LogP contribution in [0.3, 0.4) is 0 Å². The van der Waals surface area contributed by atoms with Gasteiger partial charge in [-0.2, -0.15) is 0 Å². The van der Waals surface area contributed by atoms with E-state index in [0.29, 0.717) is 6.04 Å². The third-order valence-corrected chi connectivity index (χ3v) is 4.88. The van der Waals surface area contributed by atoms with E-state index in [1.807, 2.05) is 0 Å². The first kappa shape index (κ1) is 18.0. The van der Waals surface area contributed by atoms with Crippen molar-refractivity contribution in [3.8, 4) is 0 Å². The Morgan fingerprint density at radius 3 is 2.05 bits per heavy atom. The lowest BCUT2D eigenvalue weighted by Crippen LogP contribution is -2.41. The van der Waals surface area contributed by atoms with Crippen LogP contribution in [0, 0.1) is 5.92 Å². The van der Waals surface area contributed by atoms with Crippen molar-refractivity contribution in [1.82, 2.24) is 5.32 Å². The van der Waals surface area contributed by atoms with Gasteiger partial charge in [0.15, 0.2) is 0 Å². The van der Waals surface area contributed by atoms with Crippen LogP contribution in [0.1, 0.15) is 104 Å². The molecule has 0 spiro atoms. The molecule has 1 unspecified atom stereocenters. The highest BCUT2D eigenvalue weighted by Gasteiger charge is 2.23. The molecule has 1 atom stereocenters. The monoisotopic (exact) mass is 281 g/mol. The van der Waals surface area contributed by atoms with Crippen LogP contribution >= 0.6 is 0 Å². The minimum atomic E-state index is 0.645. The van der Waals surface area contributed by atoms with Crippen molar-refractivity contribution >= 4 is 0 Å². The molecule has 0 aromatic carbocycles. The van der Waals surface area contributed by atoms with Crippen LogP contribution in [0.15, 0.2) is 0 Å². The average Bonchev–Trinajstić information content (AvgIpc) is 2.45. The fraction of sp³-hybridized carbons (Fsp3) is 1.00. The van der Waals surface area contributed by atoms with Crippen molar-refractivity contribution in [3.05, 3.63) is 0 Å². The van der Waals surface area contributed by atoms with Gasteiger partial charge in [-0.3, -0.25) is 0 Å². The molecule has 0 aromatic rings. The van der Waals surface area contributed by atoms with Gasteiger partial charge in [0.05, 0.1) is 0 Å². The summed E-state index contributed by atoms with van der Waals surface area (Å²) in [5.41, 5.74) is 0. The van der Waals surface area contributed by atoms with Crippen LogP contribution in [-0.2, 0) is 0 Å². The quantitative estimate of drug-likeness (QED) is 0.453. The smallest absolute Gasteiger partial charge is 0.00976 e. The maximum absolute atomic E-state index is 3.86. The standard InChI is InChI=1S/C19H39N/c1-4-5-6-7-8-9-13-16-19(20-17(2)3)18-14-11-10-12-15-18/h17-20H,4-16H2,1-3H3. The lowest BCUT2D eigenvalue weighted by atomic mass is 9.81. The molecule has 0 heterocycles. The van der Waals surface area contributed by atoms with Crippen molar-refractivity contribution in [2.75, 3.05) is 0 Å². The molecule has 0 aliphatic heterocycles. The molecule has 0 saturated heterocycles. The van der Waals surface area contributed by atoms with Gasteiger partial charge >= 0.3 is 0 Å². The first-order valence-electron chi connectivity index (χ1n) is 9.50. The summed E-state index contributed by atoms with van der Waals surface area (Å²) >= 11 is 0. The Morgan fingerprint density at radius 1 is 0.850 bits per heavy atom. The van der Waals surface area contributed by atoms with E-state index in [9.17, 15) is 0 Å². The van der Waals surface area contributed by atoms with Gasteiger partial charge in [0.2, 0.25) is 0 Å². The van der Waals surface area contributed by atoms with Gasteiger partial charge in [-0.25, -0.2) is 0 Å². The zero-order valence-electron chi connectivity index (χ0n) is 14.4. The largest absolute Gasteiger partial charge is 0.312 e. The van der Waals surface area contributed by atoms with E-state index in [2.05, 4.69) is 26.1 Å². The highest BCUT2D eigenvalue weighted by atomic mass is 14.9. The Morgan fingerprint density at radius 2 is 1.45 bits per heavy atom. The second-order valence-corrected chi connectivity index (χ2v) is 7.24. The lowest BCUT2D eigenvalue weighted by molar-refractivity contribution is 0.242. The van der Waals surface area contributed by atoms with E-state index in [1.165, 1.54) is 83.5 Å². The minimum absolute atomic E-state index is 0.645. The van der Waals surface area contributed by atoms with Crippen LogP contribution < -0.4 is 5.32 Å². The molecule has 1 aliphatic carbocycles. The van der Waals surface area contributed by atoms with Gasteiger partial charge in [0, 0.05) is 12.1 Å². The second-order valence-electron chi connectivity index (χ2n) is 7.24. The van der Waals surface area contributed by atoms with Crippen LogP contribution in [-0.4, -0.2) is 12.1 Å². The SMILES string of the molecule is CCCCCCCCCC(NC(C)C)C1CCCCC1. The maximum Gasteiger partial charge on any atom is 0.00976 e. The third kappa shape index (κ3) is 8.29. The molecule has 1 heteroatoms. The molecule has 0 bridgehead atoms. The number of hydrogen-bond acceptors (Lipinski definition) is 1. The van der Waals surface area contributed by atoms with Gasteiger partial charge in [-0.1, -0.05) is 85.0 Å². The van der Waals surface area contributed by atoms with E-state index in [-0.39, 0.29) is 0 Å². The third-order valence-electron chi connectivity index (χ3n) is 4.88. The second kappa shape index (κ2) is 11.6. The molecule has 1 rings (SSSR count). The predicted octanol–water partition coefficient (Wildman–Crippen LogP) is 6.07. The Hall–Kier alpha value is -0.0400. The van der Waals surface area contributed by atoms with E-state index in [4.69, 9.17) is 0 Å². The number of nitrogens with one attached hydrogen (secondary N) is 1. The molecule has 0 amide bonds. The minimum Gasteiger partial charge on any atom is -0.312 e. The van der Waals surface area contributed by atoms with Crippen molar-refractivity contribution in [2.24, 2.45) is 5.92 Å². The van der Waals surface area contributed by atoms with Crippen molar-refractivity contribution in [2.45, 2.75) is 116 Å². The number of unbranched alkanes of at least 4 members (excludes halogenated alkanes) is 6. The van der Waals surface area contributed by atoms with Crippen molar-refractivity contribution < 1.29 is 0 Å². The molecule has 1 fully saturated rings. The predicted molar refractivity (Wildman–Crippen MR) is 91.2 cm³/mol. The molecule has 20 heavy (non-hydrogen) atoms. The Kier molecular flexibility index (Phi) is 10.4. The number of rotatable bonds is 11. The zero-order valence-corrected chi connectivity index (χ0v) is 14.4. The topological polar surface area (TPSA) is 12.0 Å². The van der Waals surface area contributed by atoms with E-state index in [1.54, 1.807) is 0 Å². The molecular weight excluding hydrogens is 242 g/mol. The Balaban J connectivity index is 2.16. The lowest BCUT2D eigenvalue weighted by Gasteiger charge is -2.32. The normalized spacial score (nSPS) is 18.6. The summed E-state index contributed by atoms with van der Waals surface area (Å²) in [5.74, 6) is 0.964. The van der Waals surface area contributed by atoms with Crippen LogP contribution in [0.4, 0.5) is 0 Å². The van der Waals surface area contributed by atoms with Gasteiger partial charge in [0.1, 0.15) is 0 Å². The molecular formula is C19H39N. The molecule has 0 aromatic heterocycles. The highest BCUT2D eigenvalue weighted by molar-refractivity contribution is 4.80. The summed E-state index contributed by atoms with van der Waals surface area (Å²) in [4.78, 5) is 0. The first-order valence-corrected chi connectivity index (χ1v) is 9.50. The summed E-state index contributed by atoms with van der Waals surface area (Å²) < 4.78 is 0. The van der Waals surface area contributed by atoms with Crippen LogP contribution in [0.2, 0.25) is 0 Å². The van der Waals surface area contributed by atoms with Gasteiger partial charge in [0.25, 0.3) is 0 Å². The van der Waals surface area contributed by atoms with E-state index >= 15 is 0 Å². The number of hydrogen-bond donors (Lipinski definition) is 1. The molecule has 1 aliphatic rings. The van der Waals surface area contributed by atoms with Gasteiger partial charge in [-0.15, -0.1) is 0 Å². The molecule has 120 valence electrons. The summed E-state index contributed by atoms with van der Waals surface area (Å²) in [6.45, 7) is 6.91. The van der Waals surface area contributed by atoms with Crippen molar-refractivity contribution in [1.29, 1.82) is 0 Å². The van der Waals surface area contributed by atoms with Gasteiger partial charge < -0.3 is 5.32 Å². The summed E-state index contributed by atoms with van der Waals surface area (Å²) in [6.07, 6.45) is 18.8. The Bertz CT molecular complexity index is 206. The molecule has 1 N–H and O–H groups in total. The first-order chi connectivity index (χ1) is 9.74. The summed E-state index contributed by atoms with van der Waals surface area (Å²) in [6, 6.07) is 1.44. The summed E-state index contributed by atoms with van der Waals surface area (Å²) in [5, 5.41) is 3.86. The van der Waals surface area contributed by atoms with Gasteiger partial charge in [-0.05, 0) is 25.2 Å². The van der Waals surface area contributed by atoms with E-state index < -0.39 is 0 Å². The van der Waals surface area contributed by atoms with E-state index in [0.717, 1.165) is 12.0 Å².